The zero-order chi connectivity index (χ0) is 23.1. The van der Waals surface area contributed by atoms with Crippen LogP contribution in [0.4, 0.5) is 0 Å². The second-order valence-electron chi connectivity index (χ2n) is 9.36. The highest BCUT2D eigenvalue weighted by Crippen LogP contribution is 2.40. The number of carbonyl (C=O) groups excluding carboxylic acids is 1. The van der Waals surface area contributed by atoms with Gasteiger partial charge in [-0.3, -0.25) is 0 Å². The monoisotopic (exact) mass is 452 g/mol. The van der Waals surface area contributed by atoms with E-state index in [1.165, 1.54) is 6.08 Å². The summed E-state index contributed by atoms with van der Waals surface area (Å²) in [4.78, 5) is 23.6. The highest BCUT2D eigenvalue weighted by molar-refractivity contribution is 6.98. The number of benzene rings is 2. The molecule has 2 aromatic rings. The van der Waals surface area contributed by atoms with E-state index < -0.39 is 14.1 Å². The summed E-state index contributed by atoms with van der Waals surface area (Å²) >= 11 is 0. The zero-order valence-corrected chi connectivity index (χ0v) is 20.5. The molecule has 0 fully saturated rings. The van der Waals surface area contributed by atoms with Gasteiger partial charge in [-0.05, 0) is 34.3 Å². The lowest BCUT2D eigenvalue weighted by atomic mass is 10.0. The second-order valence-corrected chi connectivity index (χ2v) is 13.3. The number of esters is 1. The van der Waals surface area contributed by atoms with Gasteiger partial charge >= 0.3 is 5.97 Å². The summed E-state index contributed by atoms with van der Waals surface area (Å²) in [5, 5.41) is 1.94. The van der Waals surface area contributed by atoms with E-state index in [0.717, 1.165) is 48.9 Å². The summed E-state index contributed by atoms with van der Waals surface area (Å²) in [7, 11) is -1.34. The Morgan fingerprint density at radius 1 is 0.906 bits per heavy atom. The first-order valence-corrected chi connectivity index (χ1v) is 13.6. The van der Waals surface area contributed by atoms with Crippen molar-refractivity contribution in [2.75, 3.05) is 7.11 Å². The first kappa shape index (κ1) is 24.4. The maximum absolute atomic E-state index is 12.2. The molecule has 3 rings (SSSR count). The summed E-state index contributed by atoms with van der Waals surface area (Å²) in [6.45, 7) is 4.45. The van der Waals surface area contributed by atoms with Crippen LogP contribution >= 0.6 is 0 Å². The van der Waals surface area contributed by atoms with Crippen molar-refractivity contribution < 1.29 is 19.1 Å². The van der Waals surface area contributed by atoms with Gasteiger partial charge in [0, 0.05) is 19.6 Å². The van der Waals surface area contributed by atoms with Crippen LogP contribution in [-0.2, 0) is 14.3 Å². The van der Waals surface area contributed by atoms with Crippen molar-refractivity contribution in [3.8, 4) is 0 Å². The van der Waals surface area contributed by atoms with E-state index in [1.54, 1.807) is 13.2 Å². The fraction of sp³-hybridized carbons (Fsp3) is 0.444. The lowest BCUT2D eigenvalue weighted by Gasteiger charge is -2.41. The van der Waals surface area contributed by atoms with Crippen LogP contribution in [0.2, 0.25) is 5.04 Å². The molecule has 0 saturated heterocycles. The minimum absolute atomic E-state index is 0.196. The summed E-state index contributed by atoms with van der Waals surface area (Å²) in [6, 6.07) is 20.4. The predicted octanol–water partition coefficient (Wildman–Crippen LogP) is 4.71. The van der Waals surface area contributed by atoms with E-state index in [-0.39, 0.29) is 11.0 Å². The molecule has 0 aromatic heterocycles. The van der Waals surface area contributed by atoms with Gasteiger partial charge in [-0.1, -0.05) is 100 Å². The summed E-state index contributed by atoms with van der Waals surface area (Å²) in [6.07, 6.45) is 10.1. The third-order valence-corrected chi connectivity index (χ3v) is 11.3. The zero-order valence-electron chi connectivity index (χ0n) is 19.5. The van der Waals surface area contributed by atoms with Gasteiger partial charge in [-0.25, -0.2) is 4.79 Å². The molecule has 0 aliphatic carbocycles. The molecule has 32 heavy (non-hydrogen) atoms. The van der Waals surface area contributed by atoms with Crippen LogP contribution < -0.4 is 10.4 Å². The lowest BCUT2D eigenvalue weighted by Crippen LogP contribution is -2.65. The molecule has 1 aliphatic heterocycles. The Morgan fingerprint density at radius 3 is 1.94 bits per heavy atom. The number of methoxy groups -OCH3 is 1. The fourth-order valence-corrected chi connectivity index (χ4v) is 8.52. The topological polar surface area (TPSA) is 55.8 Å². The molecular weight excluding hydrogens is 416 g/mol. The Hall–Kier alpha value is -2.21. The van der Waals surface area contributed by atoms with Crippen molar-refractivity contribution in [3.05, 3.63) is 72.8 Å². The summed E-state index contributed by atoms with van der Waals surface area (Å²) in [5.41, 5.74) is 0. The maximum Gasteiger partial charge on any atom is 0.333 e. The molecule has 0 amide bonds. The average molecular weight is 453 g/mol. The first-order chi connectivity index (χ1) is 15.3. The van der Waals surface area contributed by atoms with Crippen LogP contribution in [0.25, 0.3) is 0 Å². The molecular formula is C27H36O4Si. The normalized spacial score (nSPS) is 18.7. The molecule has 1 unspecified atom stereocenters. The standard InChI is InChI=1S/C27H36O4Si/c1-26(2,20-13-5-4-6-14-21-27(30-3)22-19-25(28)31-27)32(29,23-15-9-7-10-16-23)24-17-11-8-12-18-24/h7-12,15-19,22,29H,4-6,13-14,20-21H2,1-3H3. The Labute approximate surface area is 193 Å². The number of unbranched alkanes of at least 4 members (excludes halogenated alkanes) is 4. The third-order valence-electron chi connectivity index (χ3n) is 6.78. The Bertz CT molecular complexity index is 855. The predicted molar refractivity (Wildman–Crippen MR) is 131 cm³/mol. The number of rotatable bonds is 12. The molecule has 0 saturated carbocycles. The number of hydrogen-bond acceptors (Lipinski definition) is 4. The Morgan fingerprint density at radius 2 is 1.44 bits per heavy atom. The third kappa shape index (κ3) is 5.40. The van der Waals surface area contributed by atoms with Crippen molar-refractivity contribution in [3.63, 3.8) is 0 Å². The van der Waals surface area contributed by atoms with Crippen molar-refractivity contribution in [1.82, 2.24) is 0 Å². The molecule has 1 heterocycles. The van der Waals surface area contributed by atoms with Crippen LogP contribution in [0.5, 0.6) is 0 Å². The number of carbonyl (C=O) groups is 1. The van der Waals surface area contributed by atoms with Gasteiger partial charge in [0.2, 0.25) is 5.79 Å². The number of cyclic esters (lactones) is 1. The van der Waals surface area contributed by atoms with Crippen LogP contribution in [0.15, 0.2) is 72.8 Å². The van der Waals surface area contributed by atoms with Crippen LogP contribution in [0, 0.1) is 0 Å². The molecule has 1 aliphatic rings. The van der Waals surface area contributed by atoms with Crippen LogP contribution in [0.1, 0.15) is 58.8 Å². The first-order valence-electron chi connectivity index (χ1n) is 11.6. The Kier molecular flexibility index (Phi) is 8.09. The summed E-state index contributed by atoms with van der Waals surface area (Å²) < 4.78 is 10.7. The quantitative estimate of drug-likeness (QED) is 0.288. The van der Waals surface area contributed by atoms with E-state index in [1.807, 2.05) is 36.4 Å². The molecule has 0 spiro atoms. The van der Waals surface area contributed by atoms with Gasteiger partial charge in [0.05, 0.1) is 0 Å². The van der Waals surface area contributed by atoms with Gasteiger partial charge in [0.25, 0.3) is 8.32 Å². The molecule has 1 N–H and O–H groups in total. The summed E-state index contributed by atoms with van der Waals surface area (Å²) in [5.74, 6) is -1.20. The molecule has 1 atom stereocenters. The Balaban J connectivity index is 1.54. The van der Waals surface area contributed by atoms with Crippen molar-refractivity contribution in [1.29, 1.82) is 0 Å². The van der Waals surface area contributed by atoms with E-state index in [0.29, 0.717) is 6.42 Å². The molecule has 172 valence electrons. The van der Waals surface area contributed by atoms with Crippen molar-refractivity contribution in [2.45, 2.75) is 69.6 Å². The minimum atomic E-state index is -2.92. The maximum atomic E-state index is 12.2. The lowest BCUT2D eigenvalue weighted by molar-refractivity contribution is -0.190. The minimum Gasteiger partial charge on any atom is -0.426 e. The van der Waals surface area contributed by atoms with E-state index in [2.05, 4.69) is 38.1 Å². The van der Waals surface area contributed by atoms with Crippen LogP contribution in [-0.4, -0.2) is 32.0 Å². The smallest absolute Gasteiger partial charge is 0.333 e. The van der Waals surface area contributed by atoms with Crippen molar-refractivity contribution >= 4 is 24.7 Å². The van der Waals surface area contributed by atoms with Gasteiger partial charge in [0.15, 0.2) is 0 Å². The highest BCUT2D eigenvalue weighted by Gasteiger charge is 2.49. The van der Waals surface area contributed by atoms with Crippen molar-refractivity contribution in [2.24, 2.45) is 0 Å². The van der Waals surface area contributed by atoms with E-state index in [9.17, 15) is 9.59 Å². The molecule has 0 bridgehead atoms. The molecule has 5 heteroatoms. The highest BCUT2D eigenvalue weighted by atomic mass is 28.4. The second kappa shape index (κ2) is 10.6. The molecule has 4 nitrogen and oxygen atoms in total. The van der Waals surface area contributed by atoms with Gasteiger partial charge in [-0.2, -0.15) is 0 Å². The van der Waals surface area contributed by atoms with E-state index >= 15 is 0 Å². The van der Waals surface area contributed by atoms with Gasteiger partial charge < -0.3 is 14.3 Å². The average Bonchev–Trinajstić information content (AvgIpc) is 3.20. The number of ether oxygens (including phenoxy) is 2. The molecule has 0 radical (unpaired) electrons. The largest absolute Gasteiger partial charge is 0.426 e. The van der Waals surface area contributed by atoms with Crippen LogP contribution in [0.3, 0.4) is 0 Å². The van der Waals surface area contributed by atoms with Gasteiger partial charge in [0.1, 0.15) is 0 Å². The van der Waals surface area contributed by atoms with E-state index in [4.69, 9.17) is 9.47 Å². The fourth-order valence-electron chi connectivity index (χ4n) is 4.74. The molecule has 2 aromatic carbocycles. The SMILES string of the molecule is COC1(CCCCCCCC(C)(C)[Si](O)(c2ccccc2)c2ccccc2)C=CC(=O)O1. The number of hydrogen-bond donors (Lipinski definition) is 1. The van der Waals surface area contributed by atoms with Gasteiger partial charge in [-0.15, -0.1) is 0 Å².